The van der Waals surface area contributed by atoms with Gasteiger partial charge in [-0.3, -0.25) is 4.79 Å². The zero-order chi connectivity index (χ0) is 26.1. The molecule has 0 spiro atoms. The van der Waals surface area contributed by atoms with E-state index in [0.29, 0.717) is 10.6 Å². The maximum atomic E-state index is 13.8. The quantitative estimate of drug-likeness (QED) is 0.373. The van der Waals surface area contributed by atoms with E-state index in [1.807, 2.05) is 40.3 Å². The molecule has 0 N–H and O–H groups in total. The standard InChI is InChI=1S/C31H33ClN4O/c1-34(2)24-16-12-21(13-17-24)20-23-8-7-10-27-29(23)33-36(31(37)26-9-5-6-11-28(26)32)30(27)22-14-18-25(19-15-22)35(3)4/h5-6,9,11-20,27,30H,7-8,10H2,1-4H3/b23-20+/t27-,30+/m0/s1. The van der Waals surface area contributed by atoms with Crippen LogP contribution in [0.3, 0.4) is 0 Å². The number of allylic oxidation sites excluding steroid dienone is 1. The van der Waals surface area contributed by atoms with Gasteiger partial charge in [0.05, 0.1) is 22.3 Å². The number of amides is 1. The molecular weight excluding hydrogens is 480 g/mol. The Morgan fingerprint density at radius 2 is 1.54 bits per heavy atom. The average Bonchev–Trinajstić information content (AvgIpc) is 3.29. The highest BCUT2D eigenvalue weighted by molar-refractivity contribution is 6.33. The molecule has 1 amide bonds. The maximum absolute atomic E-state index is 13.8. The van der Waals surface area contributed by atoms with Crippen molar-refractivity contribution < 1.29 is 4.79 Å². The predicted molar refractivity (Wildman–Crippen MR) is 155 cm³/mol. The van der Waals surface area contributed by atoms with Crippen LogP contribution in [0.4, 0.5) is 11.4 Å². The first-order valence-corrected chi connectivity index (χ1v) is 13.1. The minimum absolute atomic E-state index is 0.137. The molecule has 0 radical (unpaired) electrons. The fraction of sp³-hybridized carbons (Fsp3) is 0.290. The number of fused-ring (bicyclic) bond motifs is 1. The van der Waals surface area contributed by atoms with Gasteiger partial charge in [-0.25, -0.2) is 5.01 Å². The lowest BCUT2D eigenvalue weighted by Gasteiger charge is -2.30. The van der Waals surface area contributed by atoms with Crippen LogP contribution in [0.15, 0.2) is 83.5 Å². The van der Waals surface area contributed by atoms with Crippen LogP contribution in [0.2, 0.25) is 5.02 Å². The second-order valence-electron chi connectivity index (χ2n) is 10.2. The molecule has 2 aliphatic rings. The number of carbonyl (C=O) groups excluding carboxylic acids is 1. The van der Waals surface area contributed by atoms with Crippen LogP contribution in [0.25, 0.3) is 6.08 Å². The number of anilines is 2. The van der Waals surface area contributed by atoms with Crippen molar-refractivity contribution in [1.82, 2.24) is 5.01 Å². The van der Waals surface area contributed by atoms with Crippen molar-refractivity contribution in [3.8, 4) is 0 Å². The molecule has 190 valence electrons. The Balaban J connectivity index is 1.55. The predicted octanol–water partition coefficient (Wildman–Crippen LogP) is 6.91. The van der Waals surface area contributed by atoms with Crippen molar-refractivity contribution in [2.24, 2.45) is 11.0 Å². The summed E-state index contributed by atoms with van der Waals surface area (Å²) < 4.78 is 0. The summed E-state index contributed by atoms with van der Waals surface area (Å²) in [5.41, 5.74) is 7.23. The Labute approximate surface area is 224 Å². The van der Waals surface area contributed by atoms with E-state index in [4.69, 9.17) is 16.7 Å². The molecule has 3 aromatic rings. The molecule has 0 bridgehead atoms. The Morgan fingerprint density at radius 3 is 2.16 bits per heavy atom. The average molecular weight is 513 g/mol. The minimum Gasteiger partial charge on any atom is -0.378 e. The summed E-state index contributed by atoms with van der Waals surface area (Å²) in [5.74, 6) is -0.0263. The van der Waals surface area contributed by atoms with Crippen LogP contribution in [0.5, 0.6) is 0 Å². The second kappa shape index (κ2) is 10.4. The number of rotatable bonds is 5. The van der Waals surface area contributed by atoms with Crippen LogP contribution in [-0.4, -0.2) is 44.8 Å². The monoisotopic (exact) mass is 512 g/mol. The van der Waals surface area contributed by atoms with Gasteiger partial charge in [0.25, 0.3) is 5.91 Å². The maximum Gasteiger partial charge on any atom is 0.276 e. The molecule has 0 unspecified atom stereocenters. The highest BCUT2D eigenvalue weighted by Gasteiger charge is 2.44. The Bertz CT molecular complexity index is 1340. The highest BCUT2D eigenvalue weighted by atomic mass is 35.5. The number of hydrogen-bond acceptors (Lipinski definition) is 4. The van der Waals surface area contributed by atoms with Gasteiger partial charge in [-0.1, -0.05) is 48.0 Å². The van der Waals surface area contributed by atoms with Crippen molar-refractivity contribution in [3.63, 3.8) is 0 Å². The second-order valence-corrected chi connectivity index (χ2v) is 10.6. The van der Waals surface area contributed by atoms with Gasteiger partial charge in [0.2, 0.25) is 0 Å². The van der Waals surface area contributed by atoms with Crippen LogP contribution in [-0.2, 0) is 0 Å². The summed E-state index contributed by atoms with van der Waals surface area (Å²) in [5, 5.41) is 7.15. The van der Waals surface area contributed by atoms with Crippen molar-refractivity contribution in [2.75, 3.05) is 38.0 Å². The van der Waals surface area contributed by atoms with E-state index in [-0.39, 0.29) is 17.9 Å². The van der Waals surface area contributed by atoms with Gasteiger partial charge in [-0.05, 0) is 78.4 Å². The first kappa shape index (κ1) is 25.1. The lowest BCUT2D eigenvalue weighted by Crippen LogP contribution is -2.32. The molecule has 1 aliphatic carbocycles. The van der Waals surface area contributed by atoms with Gasteiger partial charge in [0, 0.05) is 45.5 Å². The molecule has 3 aromatic carbocycles. The van der Waals surface area contributed by atoms with E-state index in [0.717, 1.165) is 41.8 Å². The number of hydrogen-bond donors (Lipinski definition) is 0. The Hall–Kier alpha value is -3.57. The smallest absolute Gasteiger partial charge is 0.276 e. The van der Waals surface area contributed by atoms with Gasteiger partial charge >= 0.3 is 0 Å². The molecule has 1 heterocycles. The van der Waals surface area contributed by atoms with Crippen molar-refractivity contribution in [3.05, 3.63) is 100 Å². The number of benzene rings is 3. The molecule has 0 saturated heterocycles. The molecule has 1 saturated carbocycles. The van der Waals surface area contributed by atoms with E-state index in [2.05, 4.69) is 64.4 Å². The van der Waals surface area contributed by atoms with Crippen LogP contribution >= 0.6 is 11.6 Å². The molecule has 1 aliphatic heterocycles. The normalized spacial score (nSPS) is 20.0. The van der Waals surface area contributed by atoms with Crippen molar-refractivity contribution in [2.45, 2.75) is 25.3 Å². The van der Waals surface area contributed by atoms with E-state index < -0.39 is 0 Å². The largest absolute Gasteiger partial charge is 0.378 e. The van der Waals surface area contributed by atoms with Gasteiger partial charge in [0.1, 0.15) is 0 Å². The van der Waals surface area contributed by atoms with Crippen LogP contribution < -0.4 is 9.80 Å². The summed E-state index contributed by atoms with van der Waals surface area (Å²) in [4.78, 5) is 18.0. The van der Waals surface area contributed by atoms with Crippen LogP contribution in [0.1, 0.15) is 46.8 Å². The third-order valence-corrected chi connectivity index (χ3v) is 7.64. The SMILES string of the molecule is CN(C)c1ccc(/C=C2\CCC[C@H]3C2=NN(C(=O)c2ccccc2Cl)[C@@H]3c2ccc(N(C)C)cc2)cc1. The van der Waals surface area contributed by atoms with Crippen LogP contribution in [0, 0.1) is 5.92 Å². The van der Waals surface area contributed by atoms with Crippen molar-refractivity contribution >= 4 is 40.7 Å². The summed E-state index contributed by atoms with van der Waals surface area (Å²) in [6.07, 6.45) is 5.24. The number of nitrogens with zero attached hydrogens (tertiary/aromatic N) is 4. The van der Waals surface area contributed by atoms with E-state index >= 15 is 0 Å². The Morgan fingerprint density at radius 1 is 0.919 bits per heavy atom. The summed E-state index contributed by atoms with van der Waals surface area (Å²) in [6.45, 7) is 0. The molecule has 1 fully saturated rings. The number of hydrazone groups is 1. The Kier molecular flexibility index (Phi) is 7.07. The molecule has 6 heteroatoms. The molecule has 2 atom stereocenters. The molecule has 5 nitrogen and oxygen atoms in total. The fourth-order valence-corrected chi connectivity index (χ4v) is 5.52. The summed E-state index contributed by atoms with van der Waals surface area (Å²) in [6, 6.07) is 24.1. The zero-order valence-electron chi connectivity index (χ0n) is 21.9. The third kappa shape index (κ3) is 5.01. The molecule has 0 aromatic heterocycles. The highest BCUT2D eigenvalue weighted by Crippen LogP contribution is 2.45. The number of halogens is 1. The number of carbonyl (C=O) groups is 1. The molecule has 5 rings (SSSR count). The van der Waals surface area contributed by atoms with E-state index in [9.17, 15) is 4.79 Å². The zero-order valence-corrected chi connectivity index (χ0v) is 22.6. The van der Waals surface area contributed by atoms with Gasteiger partial charge in [-0.15, -0.1) is 0 Å². The topological polar surface area (TPSA) is 39.1 Å². The van der Waals surface area contributed by atoms with Gasteiger partial charge in [0.15, 0.2) is 0 Å². The summed E-state index contributed by atoms with van der Waals surface area (Å²) in [7, 11) is 8.15. The third-order valence-electron chi connectivity index (χ3n) is 7.32. The fourth-order valence-electron chi connectivity index (χ4n) is 5.30. The molecule has 37 heavy (non-hydrogen) atoms. The van der Waals surface area contributed by atoms with E-state index in [1.165, 1.54) is 11.3 Å². The minimum atomic E-state index is -0.171. The van der Waals surface area contributed by atoms with Gasteiger partial charge < -0.3 is 9.80 Å². The van der Waals surface area contributed by atoms with Crippen molar-refractivity contribution in [1.29, 1.82) is 0 Å². The summed E-state index contributed by atoms with van der Waals surface area (Å²) >= 11 is 6.45. The van der Waals surface area contributed by atoms with E-state index in [1.54, 1.807) is 17.1 Å². The molecular formula is C31H33ClN4O. The lowest BCUT2D eigenvalue weighted by molar-refractivity contribution is 0.0681. The lowest BCUT2D eigenvalue weighted by atomic mass is 9.77. The first-order chi connectivity index (χ1) is 17.8. The first-order valence-electron chi connectivity index (χ1n) is 12.8. The van der Waals surface area contributed by atoms with Gasteiger partial charge in [-0.2, -0.15) is 5.10 Å².